The maximum Gasteiger partial charge on any atom is 0.396 e. The van der Waals surface area contributed by atoms with Crippen molar-refractivity contribution in [1.29, 1.82) is 0 Å². The van der Waals surface area contributed by atoms with Crippen LogP contribution in [-0.4, -0.2) is 51.2 Å². The quantitative estimate of drug-likeness (QED) is 0.221. The predicted molar refractivity (Wildman–Crippen MR) is 150 cm³/mol. The summed E-state index contributed by atoms with van der Waals surface area (Å²) in [5.74, 6) is 0.215. The van der Waals surface area contributed by atoms with Crippen LogP contribution in [0.25, 0.3) is 5.69 Å². The highest BCUT2D eigenvalue weighted by molar-refractivity contribution is 8.00. The van der Waals surface area contributed by atoms with Crippen LogP contribution >= 0.6 is 34.7 Å². The van der Waals surface area contributed by atoms with Crippen molar-refractivity contribution in [2.75, 3.05) is 14.2 Å². The number of aryl methyl sites for hydroxylation is 1. The van der Waals surface area contributed by atoms with Gasteiger partial charge in [0, 0.05) is 28.1 Å². The van der Waals surface area contributed by atoms with Gasteiger partial charge in [-0.15, -0.1) is 33.3 Å². The van der Waals surface area contributed by atoms with Gasteiger partial charge in [-0.2, -0.15) is 13.2 Å². The molecule has 2 aromatic heterocycles. The van der Waals surface area contributed by atoms with E-state index in [1.807, 2.05) is 12.1 Å². The first kappa shape index (κ1) is 29.2. The highest BCUT2D eigenvalue weighted by atomic mass is 35.5. The number of fused-ring (bicyclic) bond motifs is 3. The van der Waals surface area contributed by atoms with Gasteiger partial charge in [-0.1, -0.05) is 23.7 Å². The number of hydrogen-bond acceptors (Lipinski definition) is 8. The zero-order valence-electron chi connectivity index (χ0n) is 21.8. The lowest BCUT2D eigenvalue weighted by atomic mass is 10.0. The van der Waals surface area contributed by atoms with Gasteiger partial charge in [-0.25, -0.2) is 4.98 Å². The Morgan fingerprint density at radius 2 is 1.95 bits per heavy atom. The molecule has 3 heterocycles. The molecule has 0 unspecified atom stereocenters. The number of aromatic nitrogens is 4. The van der Waals surface area contributed by atoms with Crippen molar-refractivity contribution in [3.8, 4) is 17.2 Å². The summed E-state index contributed by atoms with van der Waals surface area (Å²) < 4.78 is 53.7. The van der Waals surface area contributed by atoms with E-state index in [0.717, 1.165) is 10.4 Å². The number of hydrogen-bond donors (Lipinski definition) is 1. The second-order valence-corrected chi connectivity index (χ2v) is 12.2. The molecule has 8 nitrogen and oxygen atoms in total. The molecule has 2 aromatic carbocycles. The fourth-order valence-corrected chi connectivity index (χ4v) is 7.56. The summed E-state index contributed by atoms with van der Waals surface area (Å²) in [6.45, 7) is 0. The molecule has 0 aliphatic carbocycles. The Hall–Kier alpha value is -3.29. The highest BCUT2D eigenvalue weighted by Crippen LogP contribution is 2.54. The van der Waals surface area contributed by atoms with Crippen LogP contribution in [0.5, 0.6) is 11.5 Å². The molecule has 5 rings (SSSR count). The van der Waals surface area contributed by atoms with Crippen molar-refractivity contribution in [2.45, 2.75) is 42.4 Å². The molecular formula is C27H24ClF3N4O4S2. The molecule has 4 aromatic rings. The Bertz CT molecular complexity index is 1580. The van der Waals surface area contributed by atoms with Gasteiger partial charge in [0.05, 0.1) is 41.8 Å². The number of ether oxygens (including phenoxy) is 2. The van der Waals surface area contributed by atoms with Crippen LogP contribution in [0.2, 0.25) is 5.02 Å². The van der Waals surface area contributed by atoms with E-state index in [1.165, 1.54) is 41.9 Å². The summed E-state index contributed by atoms with van der Waals surface area (Å²) in [5, 5.41) is 17.5. The molecule has 14 heteroatoms. The number of thioether (sulfide) groups is 1. The van der Waals surface area contributed by atoms with Crippen molar-refractivity contribution < 1.29 is 32.5 Å². The van der Waals surface area contributed by atoms with Crippen molar-refractivity contribution in [2.24, 2.45) is 0 Å². The molecule has 41 heavy (non-hydrogen) atoms. The summed E-state index contributed by atoms with van der Waals surface area (Å²) in [6, 6.07) is 10.5. The number of carboxylic acid groups (broad SMARTS) is 1. The van der Waals surface area contributed by atoms with Gasteiger partial charge < -0.3 is 14.6 Å². The molecule has 1 aliphatic heterocycles. The van der Waals surface area contributed by atoms with Crippen molar-refractivity contribution in [1.82, 2.24) is 19.7 Å². The number of thiazole rings is 1. The lowest BCUT2D eigenvalue weighted by Gasteiger charge is -2.23. The average molecular weight is 625 g/mol. The first-order chi connectivity index (χ1) is 19.6. The smallest absolute Gasteiger partial charge is 0.396 e. The molecule has 2 atom stereocenters. The van der Waals surface area contributed by atoms with E-state index >= 15 is 0 Å². The third kappa shape index (κ3) is 6.31. The van der Waals surface area contributed by atoms with Gasteiger partial charge in [0.25, 0.3) is 0 Å². The predicted octanol–water partition coefficient (Wildman–Crippen LogP) is 6.64. The normalized spacial score (nSPS) is 16.5. The van der Waals surface area contributed by atoms with Crippen LogP contribution in [0.3, 0.4) is 0 Å². The Morgan fingerprint density at radius 3 is 2.66 bits per heavy atom. The minimum Gasteiger partial charge on any atom is -0.493 e. The van der Waals surface area contributed by atoms with E-state index in [0.29, 0.717) is 51.4 Å². The van der Waals surface area contributed by atoms with Gasteiger partial charge in [-0.3, -0.25) is 9.36 Å². The molecule has 0 saturated carbocycles. The van der Waals surface area contributed by atoms with Crippen LogP contribution in [0.4, 0.5) is 13.2 Å². The molecule has 0 bridgehead atoms. The van der Waals surface area contributed by atoms with Gasteiger partial charge >= 0.3 is 12.1 Å². The maximum atomic E-state index is 13.6. The minimum absolute atomic E-state index is 0.0251. The molecule has 0 radical (unpaired) electrons. The Morgan fingerprint density at radius 1 is 1.15 bits per heavy atom. The molecule has 0 amide bonds. The summed E-state index contributed by atoms with van der Waals surface area (Å²) in [5.41, 5.74) is 1.91. The van der Waals surface area contributed by atoms with Gasteiger partial charge in [0.2, 0.25) is 0 Å². The molecule has 1 N–H and O–H groups in total. The zero-order valence-corrected chi connectivity index (χ0v) is 24.2. The summed E-state index contributed by atoms with van der Waals surface area (Å²) in [7, 11) is 3.06. The van der Waals surface area contributed by atoms with Crippen LogP contribution < -0.4 is 9.47 Å². The van der Waals surface area contributed by atoms with Crippen molar-refractivity contribution in [3.05, 3.63) is 80.3 Å². The number of aliphatic carboxylic acids is 1. The van der Waals surface area contributed by atoms with Gasteiger partial charge in [0.1, 0.15) is 12.2 Å². The van der Waals surface area contributed by atoms with Crippen LogP contribution in [0.15, 0.2) is 42.6 Å². The van der Waals surface area contributed by atoms with Gasteiger partial charge in [0.15, 0.2) is 17.3 Å². The van der Waals surface area contributed by atoms with E-state index in [1.54, 1.807) is 30.5 Å². The monoisotopic (exact) mass is 624 g/mol. The minimum atomic E-state index is -4.50. The van der Waals surface area contributed by atoms with Crippen LogP contribution in [0.1, 0.15) is 49.6 Å². The molecule has 1 aliphatic rings. The fourth-order valence-electron chi connectivity index (χ4n) is 4.78. The number of para-hydroxylation sites is 1. The molecule has 0 fully saturated rings. The van der Waals surface area contributed by atoms with E-state index in [-0.39, 0.29) is 12.2 Å². The number of rotatable bonds is 9. The maximum absolute atomic E-state index is 13.6. The largest absolute Gasteiger partial charge is 0.493 e. The number of nitrogens with zero attached hydrogens (tertiary/aromatic N) is 4. The van der Waals surface area contributed by atoms with Crippen molar-refractivity contribution in [3.63, 3.8) is 0 Å². The Labute approximate surface area is 246 Å². The summed E-state index contributed by atoms with van der Waals surface area (Å²) in [6.07, 6.45) is -3.48. The number of alkyl halides is 3. The number of carbonyl (C=O) groups is 1. The fraction of sp³-hybridized carbons (Fsp3) is 0.333. The number of halogens is 4. The number of methoxy groups -OCH3 is 2. The Balaban J connectivity index is 1.67. The van der Waals surface area contributed by atoms with E-state index < -0.39 is 29.1 Å². The topological polar surface area (TPSA) is 99.4 Å². The lowest BCUT2D eigenvalue weighted by Crippen LogP contribution is -2.17. The Kier molecular flexibility index (Phi) is 8.48. The average Bonchev–Trinajstić information content (AvgIpc) is 3.52. The summed E-state index contributed by atoms with van der Waals surface area (Å²) in [4.78, 5) is 16.3. The molecular weight excluding hydrogens is 601 g/mol. The number of benzene rings is 2. The zero-order chi connectivity index (χ0) is 29.3. The first-order valence-electron chi connectivity index (χ1n) is 12.4. The van der Waals surface area contributed by atoms with Gasteiger partial charge in [-0.05, 0) is 36.2 Å². The SMILES string of the molecule is COc1cccc([C@@H]2S[C@@H](Cc3ncc(CCC(=O)O)s3)c3nnc(CC(F)(F)F)n3-c3ccc(Cl)cc32)c1OC. The third-order valence-corrected chi connectivity index (χ3v) is 9.28. The second kappa shape index (κ2) is 11.9. The van der Waals surface area contributed by atoms with E-state index in [2.05, 4.69) is 15.2 Å². The lowest BCUT2D eigenvalue weighted by molar-refractivity contribution is -0.137. The molecule has 0 spiro atoms. The number of carboxylic acids is 1. The summed E-state index contributed by atoms with van der Waals surface area (Å²) >= 11 is 9.30. The van der Waals surface area contributed by atoms with E-state index in [9.17, 15) is 18.0 Å². The highest BCUT2D eigenvalue weighted by Gasteiger charge is 2.38. The third-order valence-electron chi connectivity index (χ3n) is 6.48. The second-order valence-electron chi connectivity index (χ2n) is 9.21. The van der Waals surface area contributed by atoms with E-state index in [4.69, 9.17) is 26.2 Å². The van der Waals surface area contributed by atoms with Crippen LogP contribution in [-0.2, 0) is 24.1 Å². The van der Waals surface area contributed by atoms with Crippen molar-refractivity contribution >= 4 is 40.7 Å². The standard InChI is InChI=1S/C27H24ClF3N4O4S2/c1-38-19-5-3-4-16(24(19)39-2)25-17-10-14(28)6-8-18(17)35-21(12-27(29,30)31)33-34-26(35)20(41-25)11-22-32-13-15(40-22)7-9-23(36)37/h3-6,8,10,13,20,25H,7,9,11-12H2,1-2H3,(H,36,37)/t20-,25-/m0/s1. The first-order valence-corrected chi connectivity index (χ1v) is 14.5. The van der Waals surface area contributed by atoms with Crippen LogP contribution in [0, 0.1) is 0 Å². The molecule has 216 valence electrons. The molecule has 0 saturated heterocycles.